The second kappa shape index (κ2) is 10.3. The molecule has 190 valence electrons. The van der Waals surface area contributed by atoms with E-state index in [-0.39, 0.29) is 18.9 Å². The smallest absolute Gasteiger partial charge is 0.323 e. The minimum absolute atomic E-state index is 0.0716. The van der Waals surface area contributed by atoms with Crippen molar-refractivity contribution in [1.29, 1.82) is 0 Å². The largest absolute Gasteiger partial charge is 0.454 e. The molecule has 4 aromatic carbocycles. The summed E-state index contributed by atoms with van der Waals surface area (Å²) in [5.74, 6) is 1.46. The third-order valence-electron chi connectivity index (χ3n) is 6.34. The number of rotatable bonds is 5. The van der Waals surface area contributed by atoms with Crippen LogP contribution in [0.25, 0.3) is 0 Å². The van der Waals surface area contributed by atoms with Crippen molar-refractivity contribution in [2.24, 2.45) is 5.10 Å². The van der Waals surface area contributed by atoms with Crippen molar-refractivity contribution in [3.63, 3.8) is 0 Å². The molecule has 0 saturated heterocycles. The number of ether oxygens (including phenoxy) is 2. The number of urea groups is 1. The highest BCUT2D eigenvalue weighted by Crippen LogP contribution is 2.39. The van der Waals surface area contributed by atoms with Gasteiger partial charge in [0, 0.05) is 23.4 Å². The third-order valence-corrected chi connectivity index (χ3v) is 7.08. The first kappa shape index (κ1) is 24.2. The summed E-state index contributed by atoms with van der Waals surface area (Å²) in [6.45, 7) is 0.225. The summed E-state index contributed by atoms with van der Waals surface area (Å²) in [5.41, 5.74) is 5.11. The summed E-state index contributed by atoms with van der Waals surface area (Å²) in [6, 6.07) is 28.2. The first-order chi connectivity index (χ1) is 18.5. The number of benzene rings is 4. The molecule has 0 spiro atoms. The Kier molecular flexibility index (Phi) is 6.54. The van der Waals surface area contributed by atoms with Crippen LogP contribution in [0.15, 0.2) is 96.1 Å². The van der Waals surface area contributed by atoms with Crippen molar-refractivity contribution < 1.29 is 14.3 Å². The molecule has 0 saturated carbocycles. The Hall–Kier alpha value is -4.20. The minimum Gasteiger partial charge on any atom is -0.454 e. The molecule has 9 heteroatoms. The number of para-hydroxylation sites is 1. The molecule has 1 unspecified atom stereocenters. The molecule has 2 aliphatic heterocycles. The normalized spacial score (nSPS) is 15.8. The van der Waals surface area contributed by atoms with Crippen LogP contribution in [-0.4, -0.2) is 18.5 Å². The molecule has 4 aromatic rings. The van der Waals surface area contributed by atoms with E-state index in [1.54, 1.807) is 18.2 Å². The maximum Gasteiger partial charge on any atom is 0.323 e. The van der Waals surface area contributed by atoms with Gasteiger partial charge in [0.25, 0.3) is 0 Å². The zero-order chi connectivity index (χ0) is 26.1. The number of amides is 2. The number of hydrazone groups is 1. The number of halogens is 2. The Balaban J connectivity index is 1.25. The molecule has 0 fully saturated rings. The summed E-state index contributed by atoms with van der Waals surface area (Å²) >= 11 is 12.0. The van der Waals surface area contributed by atoms with Crippen LogP contribution < -0.4 is 25.1 Å². The quantitative estimate of drug-likeness (QED) is 0.269. The van der Waals surface area contributed by atoms with Crippen LogP contribution in [0.4, 0.5) is 21.9 Å². The number of carbonyl (C=O) groups excluding carboxylic acids is 1. The van der Waals surface area contributed by atoms with Crippen LogP contribution in [0.2, 0.25) is 10.0 Å². The lowest BCUT2D eigenvalue weighted by Crippen LogP contribution is -2.21. The molecule has 6 rings (SSSR count). The predicted molar refractivity (Wildman–Crippen MR) is 151 cm³/mol. The Morgan fingerprint density at radius 1 is 0.816 bits per heavy atom. The van der Waals surface area contributed by atoms with Crippen molar-refractivity contribution in [2.45, 2.75) is 12.5 Å². The number of anilines is 3. The van der Waals surface area contributed by atoms with E-state index in [4.69, 9.17) is 37.8 Å². The topological polar surface area (TPSA) is 75.2 Å². The zero-order valence-electron chi connectivity index (χ0n) is 20.0. The predicted octanol–water partition coefficient (Wildman–Crippen LogP) is 7.72. The Labute approximate surface area is 229 Å². The molecule has 0 bridgehead atoms. The number of nitrogens with one attached hydrogen (secondary N) is 2. The van der Waals surface area contributed by atoms with Gasteiger partial charge in [-0.2, -0.15) is 5.10 Å². The highest BCUT2D eigenvalue weighted by atomic mass is 35.5. The van der Waals surface area contributed by atoms with Gasteiger partial charge in [-0.3, -0.25) is 5.01 Å². The molecule has 2 heterocycles. The fourth-order valence-electron chi connectivity index (χ4n) is 4.53. The molecule has 0 radical (unpaired) electrons. The van der Waals surface area contributed by atoms with Crippen LogP contribution in [0.3, 0.4) is 0 Å². The van der Waals surface area contributed by atoms with Gasteiger partial charge in [-0.25, -0.2) is 4.79 Å². The van der Waals surface area contributed by atoms with Crippen LogP contribution in [0.1, 0.15) is 23.6 Å². The van der Waals surface area contributed by atoms with Gasteiger partial charge in [0.05, 0.1) is 27.5 Å². The molecule has 1 atom stereocenters. The highest BCUT2D eigenvalue weighted by Gasteiger charge is 2.31. The summed E-state index contributed by atoms with van der Waals surface area (Å²) in [7, 11) is 0. The fourth-order valence-corrected chi connectivity index (χ4v) is 4.83. The number of hydrogen-bond acceptors (Lipinski definition) is 5. The standard InChI is InChI=1S/C29H22Cl2N4O3/c30-23-11-10-21(15-24(23)31)33-29(36)32-20-6-4-5-19(13-20)26-16-25(34-35(26)22-7-2-1-3-8-22)18-9-12-27-28(14-18)38-17-37-27/h1-15,26H,16-17H2,(H2,32,33,36). The monoisotopic (exact) mass is 544 g/mol. The van der Waals surface area contributed by atoms with E-state index in [9.17, 15) is 4.79 Å². The maximum absolute atomic E-state index is 12.7. The van der Waals surface area contributed by atoms with Crippen LogP contribution in [-0.2, 0) is 0 Å². The summed E-state index contributed by atoms with van der Waals surface area (Å²) in [6.07, 6.45) is 0.674. The van der Waals surface area contributed by atoms with E-state index in [2.05, 4.69) is 10.6 Å². The van der Waals surface area contributed by atoms with Crippen LogP contribution in [0, 0.1) is 0 Å². The minimum atomic E-state index is -0.385. The summed E-state index contributed by atoms with van der Waals surface area (Å²) in [4.78, 5) is 12.7. The van der Waals surface area contributed by atoms with Gasteiger partial charge in [0.15, 0.2) is 11.5 Å². The zero-order valence-corrected chi connectivity index (χ0v) is 21.5. The van der Waals surface area contributed by atoms with Crippen molar-refractivity contribution in [1.82, 2.24) is 0 Å². The van der Waals surface area contributed by atoms with E-state index < -0.39 is 0 Å². The van der Waals surface area contributed by atoms with Crippen LogP contribution in [0.5, 0.6) is 11.5 Å². The summed E-state index contributed by atoms with van der Waals surface area (Å²) in [5, 5.41) is 13.5. The Morgan fingerprint density at radius 3 is 2.42 bits per heavy atom. The van der Waals surface area contributed by atoms with E-state index in [0.717, 1.165) is 34.0 Å². The van der Waals surface area contributed by atoms with Crippen molar-refractivity contribution in [2.75, 3.05) is 22.4 Å². The number of nitrogens with zero attached hydrogens (tertiary/aromatic N) is 2. The first-order valence-corrected chi connectivity index (χ1v) is 12.7. The lowest BCUT2D eigenvalue weighted by atomic mass is 9.97. The van der Waals surface area contributed by atoms with E-state index in [1.165, 1.54) is 0 Å². The highest BCUT2D eigenvalue weighted by molar-refractivity contribution is 6.42. The van der Waals surface area contributed by atoms with E-state index in [1.807, 2.05) is 77.8 Å². The van der Waals surface area contributed by atoms with Gasteiger partial charge in [0.1, 0.15) is 0 Å². The molecular weight excluding hydrogens is 523 g/mol. The van der Waals surface area contributed by atoms with E-state index >= 15 is 0 Å². The number of fused-ring (bicyclic) bond motifs is 1. The molecule has 38 heavy (non-hydrogen) atoms. The SMILES string of the molecule is O=C(Nc1cccc(C2CC(c3ccc4c(c3)OCO4)=NN2c2ccccc2)c1)Nc1ccc(Cl)c(Cl)c1. The molecule has 2 amide bonds. The molecular formula is C29H22Cl2N4O3. The van der Waals surface area contributed by atoms with Gasteiger partial charge < -0.3 is 20.1 Å². The lowest BCUT2D eigenvalue weighted by Gasteiger charge is -2.24. The van der Waals surface area contributed by atoms with Crippen molar-refractivity contribution >= 4 is 52.0 Å². The average Bonchev–Trinajstić information content (AvgIpc) is 3.59. The Bertz CT molecular complexity index is 1540. The van der Waals surface area contributed by atoms with Gasteiger partial charge in [0.2, 0.25) is 6.79 Å². The fraction of sp³-hybridized carbons (Fsp3) is 0.103. The molecule has 0 aliphatic carbocycles. The number of carbonyl (C=O) groups is 1. The van der Waals surface area contributed by atoms with Gasteiger partial charge in [-0.15, -0.1) is 0 Å². The Morgan fingerprint density at radius 2 is 1.61 bits per heavy atom. The van der Waals surface area contributed by atoms with Crippen molar-refractivity contribution in [3.8, 4) is 11.5 Å². The molecule has 2 N–H and O–H groups in total. The van der Waals surface area contributed by atoms with E-state index in [0.29, 0.717) is 27.8 Å². The van der Waals surface area contributed by atoms with Crippen LogP contribution >= 0.6 is 23.2 Å². The second-order valence-corrected chi connectivity index (χ2v) is 9.66. The molecule has 2 aliphatic rings. The second-order valence-electron chi connectivity index (χ2n) is 8.85. The molecule has 0 aromatic heterocycles. The first-order valence-electron chi connectivity index (χ1n) is 12.0. The van der Waals surface area contributed by atoms with Gasteiger partial charge >= 0.3 is 6.03 Å². The van der Waals surface area contributed by atoms with Gasteiger partial charge in [-0.1, -0.05) is 53.5 Å². The number of hydrogen-bond donors (Lipinski definition) is 2. The average molecular weight is 545 g/mol. The summed E-state index contributed by atoms with van der Waals surface area (Å²) < 4.78 is 11.0. The molecule has 7 nitrogen and oxygen atoms in total. The van der Waals surface area contributed by atoms with Gasteiger partial charge in [-0.05, 0) is 66.2 Å². The maximum atomic E-state index is 12.7. The van der Waals surface area contributed by atoms with Crippen molar-refractivity contribution in [3.05, 3.63) is 112 Å². The third kappa shape index (κ3) is 4.98. The lowest BCUT2D eigenvalue weighted by molar-refractivity contribution is 0.174.